The Balaban J connectivity index is 1.30. The van der Waals surface area contributed by atoms with Crippen molar-refractivity contribution in [2.45, 2.75) is 122 Å². The Hall–Kier alpha value is -1.59. The number of H-pyrrole nitrogens is 1. The number of hydrogen-bond donors (Lipinski definition) is 1. The van der Waals surface area contributed by atoms with Gasteiger partial charge in [-0.25, -0.2) is 4.98 Å². The van der Waals surface area contributed by atoms with Gasteiger partial charge in [-0.3, -0.25) is 0 Å². The van der Waals surface area contributed by atoms with Crippen molar-refractivity contribution < 1.29 is 9.31 Å². The fourth-order valence-electron chi connectivity index (χ4n) is 6.23. The third-order valence-corrected chi connectivity index (χ3v) is 10.2. The lowest BCUT2D eigenvalue weighted by molar-refractivity contribution is 0.00578. The van der Waals surface area contributed by atoms with Gasteiger partial charge in [-0.1, -0.05) is 52.0 Å². The van der Waals surface area contributed by atoms with Crippen LogP contribution < -0.4 is 5.46 Å². The minimum absolute atomic E-state index is 0.216. The monoisotopic (exact) mass is 462 g/mol. The Morgan fingerprint density at radius 1 is 0.853 bits per heavy atom. The summed E-state index contributed by atoms with van der Waals surface area (Å²) in [7, 11) is -0.285. The minimum Gasteiger partial charge on any atom is -0.399 e. The van der Waals surface area contributed by atoms with Crippen LogP contribution in [-0.4, -0.2) is 28.3 Å². The molecule has 2 aromatic rings. The highest BCUT2D eigenvalue weighted by atomic mass is 16.7. The van der Waals surface area contributed by atoms with E-state index in [9.17, 15) is 0 Å². The Bertz CT molecular complexity index is 1010. The molecule has 4 fully saturated rings. The first kappa shape index (κ1) is 24.1. The van der Waals surface area contributed by atoms with Crippen molar-refractivity contribution in [3.8, 4) is 0 Å². The Kier molecular flexibility index (Phi) is 5.47. The number of imidazole rings is 1. The largest absolute Gasteiger partial charge is 0.494 e. The van der Waals surface area contributed by atoms with E-state index in [0.717, 1.165) is 11.3 Å². The van der Waals surface area contributed by atoms with Gasteiger partial charge in [0, 0.05) is 23.2 Å². The number of fused-ring (bicyclic) bond motifs is 3. The van der Waals surface area contributed by atoms with E-state index in [2.05, 4.69) is 90.8 Å². The molecule has 6 rings (SSSR count). The van der Waals surface area contributed by atoms with Gasteiger partial charge in [0.15, 0.2) is 0 Å². The van der Waals surface area contributed by atoms with Crippen molar-refractivity contribution in [3.63, 3.8) is 0 Å². The zero-order chi connectivity index (χ0) is 24.6. The summed E-state index contributed by atoms with van der Waals surface area (Å²) in [5, 5.41) is 0. The summed E-state index contributed by atoms with van der Waals surface area (Å²) >= 11 is 0. The van der Waals surface area contributed by atoms with Gasteiger partial charge in [-0.2, -0.15) is 0 Å². The van der Waals surface area contributed by atoms with Gasteiger partial charge in [0.1, 0.15) is 5.82 Å². The molecule has 1 saturated heterocycles. The lowest BCUT2D eigenvalue weighted by Gasteiger charge is -2.53. The molecular weight excluding hydrogens is 419 g/mol. The molecule has 0 spiro atoms. The number of rotatable bonds is 4. The molecule has 2 bridgehead atoms. The topological polar surface area (TPSA) is 47.1 Å². The van der Waals surface area contributed by atoms with Crippen molar-refractivity contribution >= 4 is 12.6 Å². The van der Waals surface area contributed by atoms with Gasteiger partial charge in [0.05, 0.1) is 11.2 Å². The van der Waals surface area contributed by atoms with Crippen LogP contribution in [0.5, 0.6) is 0 Å². The molecule has 3 aliphatic carbocycles. The van der Waals surface area contributed by atoms with Crippen LogP contribution in [0.15, 0.2) is 30.5 Å². The summed E-state index contributed by atoms with van der Waals surface area (Å²) in [6.45, 7) is 17.6. The summed E-state index contributed by atoms with van der Waals surface area (Å²) < 4.78 is 12.5. The quantitative estimate of drug-likeness (QED) is 0.535. The van der Waals surface area contributed by atoms with Gasteiger partial charge in [-0.05, 0) is 88.1 Å². The summed E-state index contributed by atoms with van der Waals surface area (Å²) in [6.07, 6.45) is 9.66. The molecule has 184 valence electrons. The summed E-state index contributed by atoms with van der Waals surface area (Å²) in [5.74, 6) is 1.57. The molecule has 2 heterocycles. The molecule has 1 atom stereocenters. The van der Waals surface area contributed by atoms with Gasteiger partial charge >= 0.3 is 7.12 Å². The Morgan fingerprint density at radius 2 is 1.35 bits per heavy atom. The molecule has 4 nitrogen and oxygen atoms in total. The highest BCUT2D eigenvalue weighted by Crippen LogP contribution is 2.58. The predicted molar refractivity (Wildman–Crippen MR) is 140 cm³/mol. The maximum absolute atomic E-state index is 6.26. The number of aromatic amines is 1. The van der Waals surface area contributed by atoms with Crippen LogP contribution in [0, 0.1) is 5.41 Å². The average Bonchev–Trinajstić information content (AvgIpc) is 3.37. The zero-order valence-electron chi connectivity index (χ0n) is 22.5. The van der Waals surface area contributed by atoms with E-state index in [1.807, 2.05) is 0 Å². The molecule has 34 heavy (non-hydrogen) atoms. The molecule has 1 aromatic carbocycles. The van der Waals surface area contributed by atoms with Crippen molar-refractivity contribution in [1.82, 2.24) is 9.97 Å². The second-order valence-corrected chi connectivity index (χ2v) is 13.5. The van der Waals surface area contributed by atoms with Crippen molar-refractivity contribution in [2.75, 3.05) is 0 Å². The highest BCUT2D eigenvalue weighted by Gasteiger charge is 2.53. The molecule has 3 saturated carbocycles. The van der Waals surface area contributed by atoms with Crippen LogP contribution in [0.3, 0.4) is 0 Å². The van der Waals surface area contributed by atoms with Crippen molar-refractivity contribution in [1.29, 1.82) is 0 Å². The standard InChI is InChI=1S/C29H43BN2O2/c1-20(25(2,3)4)24-31-19-23(32-24)29-16-13-28(14-17-29,15-18-29)21-9-11-22(12-10-21)30-33-26(5,6)27(7,8)34-30/h9-12,19-20H,13-18H2,1-8H3,(H,31,32)/t20-,28?,29?/m1/s1. The minimum atomic E-state index is -0.303. The number of aromatic nitrogens is 2. The van der Waals surface area contributed by atoms with Crippen LogP contribution in [-0.2, 0) is 20.1 Å². The molecular formula is C29H43BN2O2. The third-order valence-electron chi connectivity index (χ3n) is 10.2. The molecule has 1 aromatic heterocycles. The molecule has 0 unspecified atom stereocenters. The van der Waals surface area contributed by atoms with Crippen LogP contribution in [0.25, 0.3) is 0 Å². The number of nitrogens with zero attached hydrogens (tertiary/aromatic N) is 1. The maximum Gasteiger partial charge on any atom is 0.494 e. The molecule has 5 heteroatoms. The fourth-order valence-corrected chi connectivity index (χ4v) is 6.23. The van der Waals surface area contributed by atoms with Gasteiger partial charge in [-0.15, -0.1) is 0 Å². The van der Waals surface area contributed by atoms with E-state index in [4.69, 9.17) is 14.3 Å². The zero-order valence-corrected chi connectivity index (χ0v) is 22.5. The smallest absolute Gasteiger partial charge is 0.399 e. The van der Waals surface area contributed by atoms with Gasteiger partial charge < -0.3 is 14.3 Å². The SMILES string of the molecule is C[C@H](c1ncc(C23CCC(c4ccc(B5OC(C)(C)C(C)(C)O5)cc4)(CC2)CC3)[nH]1)C(C)(C)C. The maximum atomic E-state index is 6.26. The van der Waals surface area contributed by atoms with E-state index in [1.54, 1.807) is 0 Å². The number of benzene rings is 1. The van der Waals surface area contributed by atoms with Crippen LogP contribution in [0.2, 0.25) is 0 Å². The van der Waals surface area contributed by atoms with E-state index in [0.29, 0.717) is 11.3 Å². The van der Waals surface area contributed by atoms with Gasteiger partial charge in [0.2, 0.25) is 0 Å². The van der Waals surface area contributed by atoms with Crippen molar-refractivity contribution in [2.24, 2.45) is 5.41 Å². The van der Waals surface area contributed by atoms with E-state index in [1.165, 1.54) is 49.8 Å². The lowest BCUT2D eigenvalue weighted by atomic mass is 9.51. The summed E-state index contributed by atoms with van der Waals surface area (Å²) in [5.41, 5.74) is 4.21. The van der Waals surface area contributed by atoms with Crippen molar-refractivity contribution in [3.05, 3.63) is 47.5 Å². The fraction of sp³-hybridized carbons (Fsp3) is 0.690. The van der Waals surface area contributed by atoms with E-state index < -0.39 is 0 Å². The van der Waals surface area contributed by atoms with Crippen LogP contribution in [0.4, 0.5) is 0 Å². The van der Waals surface area contributed by atoms with Crippen LogP contribution >= 0.6 is 0 Å². The first-order chi connectivity index (χ1) is 15.8. The lowest BCUT2D eigenvalue weighted by Crippen LogP contribution is -2.47. The molecule has 0 radical (unpaired) electrons. The molecule has 0 amide bonds. The molecule has 1 aliphatic heterocycles. The number of nitrogens with one attached hydrogen (secondary N) is 1. The van der Waals surface area contributed by atoms with E-state index >= 15 is 0 Å². The first-order valence-corrected chi connectivity index (χ1v) is 13.3. The Labute approximate surface area is 206 Å². The van der Waals surface area contributed by atoms with Gasteiger partial charge in [0.25, 0.3) is 0 Å². The summed E-state index contributed by atoms with van der Waals surface area (Å²) in [4.78, 5) is 8.60. The first-order valence-electron chi connectivity index (χ1n) is 13.3. The van der Waals surface area contributed by atoms with E-state index in [-0.39, 0.29) is 29.2 Å². The number of hydrogen-bond acceptors (Lipinski definition) is 3. The molecule has 1 N–H and O–H groups in total. The summed E-state index contributed by atoms with van der Waals surface area (Å²) in [6, 6.07) is 9.16. The predicted octanol–water partition coefficient (Wildman–Crippen LogP) is 6.40. The highest BCUT2D eigenvalue weighted by molar-refractivity contribution is 6.62. The average molecular weight is 462 g/mol. The normalized spacial score (nSPS) is 31.1. The second kappa shape index (κ2) is 7.70. The third kappa shape index (κ3) is 3.78. The Morgan fingerprint density at radius 3 is 1.85 bits per heavy atom. The molecule has 4 aliphatic rings. The second-order valence-electron chi connectivity index (χ2n) is 13.5. The van der Waals surface area contributed by atoms with Crippen LogP contribution in [0.1, 0.15) is 117 Å².